The monoisotopic (exact) mass is 313 g/mol. The van der Waals surface area contributed by atoms with Crippen LogP contribution in [0.3, 0.4) is 0 Å². The van der Waals surface area contributed by atoms with Gasteiger partial charge in [0.25, 0.3) is 0 Å². The first kappa shape index (κ1) is 15.9. The van der Waals surface area contributed by atoms with Crippen molar-refractivity contribution in [3.63, 3.8) is 0 Å². The van der Waals surface area contributed by atoms with Crippen LogP contribution in [0.5, 0.6) is 0 Å². The molecule has 0 bridgehead atoms. The Morgan fingerprint density at radius 2 is 1.86 bits per heavy atom. The van der Waals surface area contributed by atoms with E-state index in [1.807, 2.05) is 0 Å². The molecular formula is C16H15ClF3N. The molecule has 0 amide bonds. The average molecular weight is 314 g/mol. The fraction of sp³-hybridized carbons (Fsp3) is 0.250. The second-order valence-corrected chi connectivity index (χ2v) is 5.16. The lowest BCUT2D eigenvalue weighted by Gasteiger charge is -2.22. The molecule has 0 aromatic heterocycles. The molecule has 0 aliphatic carbocycles. The van der Waals surface area contributed by atoms with Crippen LogP contribution in [0.2, 0.25) is 5.02 Å². The topological polar surface area (TPSA) is 12.0 Å². The van der Waals surface area contributed by atoms with Gasteiger partial charge in [0, 0.05) is 10.6 Å². The summed E-state index contributed by atoms with van der Waals surface area (Å²) in [6.45, 7) is 3.80. The lowest BCUT2D eigenvalue weighted by atomic mass is 9.95. The largest absolute Gasteiger partial charge is 0.306 e. The van der Waals surface area contributed by atoms with Crippen LogP contribution < -0.4 is 5.32 Å². The van der Waals surface area contributed by atoms with Crippen LogP contribution in [-0.2, 0) is 0 Å². The molecule has 1 unspecified atom stereocenters. The summed E-state index contributed by atoms with van der Waals surface area (Å²) >= 11 is 6.07. The minimum atomic E-state index is -0.849. The molecule has 0 radical (unpaired) electrons. The van der Waals surface area contributed by atoms with Crippen molar-refractivity contribution < 1.29 is 13.2 Å². The standard InChI is InChI=1S/C16H15ClF3N/c1-3-21-16(11-8-10(18)5-6-12(11)17)14-13(19)7-4-9(2)15(14)20/h4-8,16,21H,3H2,1-2H3. The normalized spacial score (nSPS) is 12.5. The van der Waals surface area contributed by atoms with E-state index in [1.54, 1.807) is 13.8 Å². The van der Waals surface area contributed by atoms with Gasteiger partial charge in [0.15, 0.2) is 0 Å². The van der Waals surface area contributed by atoms with E-state index in [0.717, 1.165) is 0 Å². The molecule has 1 nitrogen and oxygen atoms in total. The molecule has 0 aliphatic heterocycles. The number of hydrogen-bond donors (Lipinski definition) is 1. The maximum Gasteiger partial charge on any atom is 0.134 e. The van der Waals surface area contributed by atoms with Gasteiger partial charge in [-0.3, -0.25) is 0 Å². The molecule has 0 fully saturated rings. The molecule has 21 heavy (non-hydrogen) atoms. The van der Waals surface area contributed by atoms with E-state index in [2.05, 4.69) is 5.32 Å². The van der Waals surface area contributed by atoms with Crippen molar-refractivity contribution in [1.29, 1.82) is 0 Å². The molecule has 2 aromatic rings. The van der Waals surface area contributed by atoms with E-state index >= 15 is 0 Å². The smallest absolute Gasteiger partial charge is 0.134 e. The fourth-order valence-corrected chi connectivity index (χ4v) is 2.48. The van der Waals surface area contributed by atoms with E-state index < -0.39 is 23.5 Å². The van der Waals surface area contributed by atoms with Gasteiger partial charge in [-0.1, -0.05) is 24.6 Å². The van der Waals surface area contributed by atoms with Gasteiger partial charge in [-0.2, -0.15) is 0 Å². The highest BCUT2D eigenvalue weighted by Crippen LogP contribution is 2.32. The van der Waals surface area contributed by atoms with Gasteiger partial charge in [-0.25, -0.2) is 13.2 Å². The number of hydrogen-bond acceptors (Lipinski definition) is 1. The molecule has 0 saturated heterocycles. The molecular weight excluding hydrogens is 299 g/mol. The number of benzene rings is 2. The second-order valence-electron chi connectivity index (χ2n) is 4.75. The molecule has 0 saturated carbocycles. The highest BCUT2D eigenvalue weighted by molar-refractivity contribution is 6.31. The molecule has 1 atom stereocenters. The Kier molecular flexibility index (Phi) is 4.91. The van der Waals surface area contributed by atoms with Gasteiger partial charge in [0.05, 0.1) is 6.04 Å². The summed E-state index contributed by atoms with van der Waals surface area (Å²) in [6.07, 6.45) is 0. The first-order valence-corrected chi connectivity index (χ1v) is 6.96. The van der Waals surface area contributed by atoms with Crippen molar-refractivity contribution in [3.8, 4) is 0 Å². The van der Waals surface area contributed by atoms with Gasteiger partial charge in [-0.15, -0.1) is 0 Å². The van der Waals surface area contributed by atoms with E-state index in [1.165, 1.54) is 30.3 Å². The molecule has 5 heteroatoms. The van der Waals surface area contributed by atoms with Gasteiger partial charge in [0.1, 0.15) is 17.5 Å². The van der Waals surface area contributed by atoms with Crippen molar-refractivity contribution in [2.24, 2.45) is 0 Å². The van der Waals surface area contributed by atoms with E-state index in [0.29, 0.717) is 17.7 Å². The third-order valence-electron chi connectivity index (χ3n) is 3.29. The lowest BCUT2D eigenvalue weighted by molar-refractivity contribution is 0.504. The number of nitrogens with one attached hydrogen (secondary N) is 1. The van der Waals surface area contributed by atoms with Gasteiger partial charge in [-0.05, 0) is 48.9 Å². The molecule has 0 heterocycles. The maximum atomic E-state index is 14.3. The van der Waals surface area contributed by atoms with Crippen LogP contribution in [0.1, 0.15) is 29.7 Å². The zero-order valence-electron chi connectivity index (χ0n) is 11.7. The van der Waals surface area contributed by atoms with Gasteiger partial charge < -0.3 is 5.32 Å². The Balaban J connectivity index is 2.64. The van der Waals surface area contributed by atoms with Crippen LogP contribution in [0, 0.1) is 24.4 Å². The van der Waals surface area contributed by atoms with Gasteiger partial charge in [0.2, 0.25) is 0 Å². The van der Waals surface area contributed by atoms with Crippen LogP contribution in [0.4, 0.5) is 13.2 Å². The predicted octanol–water partition coefficient (Wildman–Crippen LogP) is 4.76. The van der Waals surface area contributed by atoms with Crippen LogP contribution >= 0.6 is 11.6 Å². The Bertz CT molecular complexity index is 658. The molecule has 2 rings (SSSR count). The predicted molar refractivity (Wildman–Crippen MR) is 78.0 cm³/mol. The summed E-state index contributed by atoms with van der Waals surface area (Å²) in [7, 11) is 0. The van der Waals surface area contributed by atoms with Crippen molar-refractivity contribution in [2.75, 3.05) is 6.54 Å². The summed E-state index contributed by atoms with van der Waals surface area (Å²) in [5.41, 5.74) is 0.480. The molecule has 0 aliphatic rings. The van der Waals surface area contributed by atoms with Crippen molar-refractivity contribution in [2.45, 2.75) is 19.9 Å². The summed E-state index contributed by atoms with van der Waals surface area (Å²) < 4.78 is 41.9. The molecule has 1 N–H and O–H groups in total. The number of rotatable bonds is 4. The van der Waals surface area contributed by atoms with Gasteiger partial charge >= 0.3 is 0 Å². The quantitative estimate of drug-likeness (QED) is 0.857. The Morgan fingerprint density at radius 3 is 2.52 bits per heavy atom. The van der Waals surface area contributed by atoms with E-state index in [-0.39, 0.29) is 10.6 Å². The Hall–Kier alpha value is -1.52. The molecule has 2 aromatic carbocycles. The SMILES string of the molecule is CCNC(c1cc(F)ccc1Cl)c1c(F)ccc(C)c1F. The summed E-state index contributed by atoms with van der Waals surface area (Å²) in [5, 5.41) is 3.21. The minimum Gasteiger partial charge on any atom is -0.306 e. The van der Waals surface area contributed by atoms with E-state index in [9.17, 15) is 13.2 Å². The second kappa shape index (κ2) is 6.50. The number of halogens is 4. The third-order valence-corrected chi connectivity index (χ3v) is 3.63. The molecule has 0 spiro atoms. The Morgan fingerprint density at radius 1 is 1.14 bits per heavy atom. The van der Waals surface area contributed by atoms with E-state index in [4.69, 9.17) is 11.6 Å². The van der Waals surface area contributed by atoms with Crippen LogP contribution in [0.25, 0.3) is 0 Å². The van der Waals surface area contributed by atoms with Crippen molar-refractivity contribution in [3.05, 3.63) is 69.5 Å². The maximum absolute atomic E-state index is 14.3. The number of aryl methyl sites for hydroxylation is 1. The summed E-state index contributed by atoms with van der Waals surface area (Å²) in [5.74, 6) is -1.85. The van der Waals surface area contributed by atoms with Crippen LogP contribution in [-0.4, -0.2) is 6.54 Å². The lowest BCUT2D eigenvalue weighted by Crippen LogP contribution is -2.25. The fourth-order valence-electron chi connectivity index (χ4n) is 2.25. The summed E-state index contributed by atoms with van der Waals surface area (Å²) in [6, 6.07) is 5.49. The molecule has 112 valence electrons. The highest BCUT2D eigenvalue weighted by Gasteiger charge is 2.24. The Labute approximate surface area is 126 Å². The zero-order valence-corrected chi connectivity index (χ0v) is 12.4. The van der Waals surface area contributed by atoms with Crippen molar-refractivity contribution in [1.82, 2.24) is 5.32 Å². The minimum absolute atomic E-state index is 0.149. The average Bonchev–Trinajstić information content (AvgIpc) is 2.45. The summed E-state index contributed by atoms with van der Waals surface area (Å²) in [4.78, 5) is 0. The van der Waals surface area contributed by atoms with Crippen molar-refractivity contribution >= 4 is 11.6 Å². The first-order chi connectivity index (χ1) is 9.95. The zero-order chi connectivity index (χ0) is 15.6. The van der Waals surface area contributed by atoms with Crippen LogP contribution in [0.15, 0.2) is 30.3 Å². The highest BCUT2D eigenvalue weighted by atomic mass is 35.5. The first-order valence-electron chi connectivity index (χ1n) is 6.58. The third kappa shape index (κ3) is 3.22.